The van der Waals surface area contributed by atoms with Crippen molar-refractivity contribution in [1.82, 2.24) is 0 Å². The fraction of sp³-hybridized carbons (Fsp3) is 0.500. The summed E-state index contributed by atoms with van der Waals surface area (Å²) in [5.74, 6) is 1.63. The molecule has 1 fully saturated rings. The highest BCUT2D eigenvalue weighted by Crippen LogP contribution is 2.40. The molecule has 0 amide bonds. The van der Waals surface area contributed by atoms with Gasteiger partial charge >= 0.3 is 0 Å². The van der Waals surface area contributed by atoms with Gasteiger partial charge in [0.05, 0.1) is 33.3 Å². The van der Waals surface area contributed by atoms with E-state index >= 15 is 0 Å². The van der Waals surface area contributed by atoms with Gasteiger partial charge in [0.25, 0.3) is 0 Å². The Hall–Kier alpha value is -1.84. The molecule has 2 aromatic rings. The Morgan fingerprint density at radius 2 is 1.78 bits per heavy atom. The van der Waals surface area contributed by atoms with E-state index in [1.54, 1.807) is 12.0 Å². The summed E-state index contributed by atoms with van der Waals surface area (Å²) in [6, 6.07) is 20.4. The van der Waals surface area contributed by atoms with Gasteiger partial charge in [0.15, 0.2) is 0 Å². The molecule has 1 aliphatic heterocycles. The van der Waals surface area contributed by atoms with Gasteiger partial charge in [-0.15, -0.1) is 0 Å². The summed E-state index contributed by atoms with van der Waals surface area (Å²) in [4.78, 5) is 1.68. The molecule has 0 bridgehead atoms. The number of quaternary nitrogens is 2. The molecule has 3 nitrogen and oxygen atoms in total. The highest BCUT2D eigenvalue weighted by atomic mass is 16.5. The van der Waals surface area contributed by atoms with E-state index < -0.39 is 0 Å². The van der Waals surface area contributed by atoms with Crippen molar-refractivity contribution in [3.05, 3.63) is 65.7 Å². The highest BCUT2D eigenvalue weighted by molar-refractivity contribution is 5.28. The van der Waals surface area contributed by atoms with Crippen LogP contribution in [0.5, 0.6) is 5.75 Å². The number of likely N-dealkylation sites (tertiary alicyclic amines) is 1. The Labute approximate surface area is 164 Å². The molecule has 2 aromatic carbocycles. The molecule has 1 heterocycles. The first-order valence-electron chi connectivity index (χ1n) is 10.4. The van der Waals surface area contributed by atoms with E-state index in [2.05, 4.69) is 80.8 Å². The number of nitrogens with two attached hydrogens (primary N) is 1. The van der Waals surface area contributed by atoms with Crippen molar-refractivity contribution in [2.24, 2.45) is 5.92 Å². The van der Waals surface area contributed by atoms with Crippen molar-refractivity contribution >= 4 is 0 Å². The lowest BCUT2D eigenvalue weighted by molar-refractivity contribution is -0.915. The van der Waals surface area contributed by atoms with Crippen LogP contribution < -0.4 is 15.0 Å². The van der Waals surface area contributed by atoms with Crippen molar-refractivity contribution in [3.63, 3.8) is 0 Å². The molecule has 146 valence electrons. The topological polar surface area (TPSA) is 30.3 Å². The molecule has 4 atom stereocenters. The van der Waals surface area contributed by atoms with Crippen LogP contribution in [-0.4, -0.2) is 33.3 Å². The lowest BCUT2D eigenvalue weighted by atomic mass is 9.63. The van der Waals surface area contributed by atoms with Crippen LogP contribution in [-0.2, 0) is 12.0 Å². The summed E-state index contributed by atoms with van der Waals surface area (Å²) >= 11 is 0. The van der Waals surface area contributed by atoms with Crippen LogP contribution in [0.2, 0.25) is 0 Å². The van der Waals surface area contributed by atoms with Crippen LogP contribution in [0.3, 0.4) is 0 Å². The SMILES string of the molecule is COc1ccc(C[NH2+]CC[C@@]2(c3ccccc3)C[C@H](C)[NH+](C)C[C@H]2C)cc1. The predicted molar refractivity (Wildman–Crippen MR) is 111 cm³/mol. The first-order chi connectivity index (χ1) is 13.0. The van der Waals surface area contributed by atoms with Gasteiger partial charge in [0, 0.05) is 29.7 Å². The molecule has 0 aromatic heterocycles. The molecule has 3 rings (SSSR count). The minimum atomic E-state index is 0.302. The van der Waals surface area contributed by atoms with Crippen LogP contribution in [0, 0.1) is 5.92 Å². The minimum absolute atomic E-state index is 0.302. The van der Waals surface area contributed by atoms with Crippen LogP contribution in [0.15, 0.2) is 54.6 Å². The van der Waals surface area contributed by atoms with E-state index in [4.69, 9.17) is 4.74 Å². The van der Waals surface area contributed by atoms with Gasteiger partial charge in [0.1, 0.15) is 12.3 Å². The minimum Gasteiger partial charge on any atom is -0.497 e. The van der Waals surface area contributed by atoms with Gasteiger partial charge in [-0.25, -0.2) is 0 Å². The normalized spacial score (nSPS) is 28.1. The van der Waals surface area contributed by atoms with E-state index in [0.29, 0.717) is 17.4 Å². The van der Waals surface area contributed by atoms with E-state index in [1.165, 1.54) is 30.5 Å². The van der Waals surface area contributed by atoms with Gasteiger partial charge in [-0.05, 0) is 36.8 Å². The van der Waals surface area contributed by atoms with Crippen LogP contribution in [0.4, 0.5) is 0 Å². The monoisotopic (exact) mass is 368 g/mol. The van der Waals surface area contributed by atoms with E-state index in [-0.39, 0.29) is 0 Å². The summed E-state index contributed by atoms with van der Waals surface area (Å²) in [6.45, 7) is 8.33. The van der Waals surface area contributed by atoms with Gasteiger partial charge in [-0.1, -0.05) is 37.3 Å². The smallest absolute Gasteiger partial charge is 0.118 e. The molecular formula is C24H36N2O+2. The van der Waals surface area contributed by atoms with Crippen molar-refractivity contribution in [1.29, 1.82) is 0 Å². The first kappa shape index (κ1) is 19.9. The number of ether oxygens (including phenoxy) is 1. The third-order valence-corrected chi connectivity index (χ3v) is 6.77. The predicted octanol–water partition coefficient (Wildman–Crippen LogP) is 2.03. The number of nitrogens with one attached hydrogen (secondary N) is 1. The van der Waals surface area contributed by atoms with E-state index in [0.717, 1.165) is 18.8 Å². The van der Waals surface area contributed by atoms with E-state index in [1.807, 2.05) is 0 Å². The largest absolute Gasteiger partial charge is 0.497 e. The van der Waals surface area contributed by atoms with Gasteiger partial charge in [-0.2, -0.15) is 0 Å². The van der Waals surface area contributed by atoms with Crippen molar-refractivity contribution in [3.8, 4) is 5.75 Å². The van der Waals surface area contributed by atoms with Crippen molar-refractivity contribution < 1.29 is 15.0 Å². The Bertz CT molecular complexity index is 700. The number of methoxy groups -OCH3 is 1. The fourth-order valence-electron chi connectivity index (χ4n) is 4.86. The second-order valence-corrected chi connectivity index (χ2v) is 8.46. The summed E-state index contributed by atoms with van der Waals surface area (Å²) in [5, 5.41) is 2.47. The average molecular weight is 369 g/mol. The zero-order valence-corrected chi connectivity index (χ0v) is 17.4. The molecule has 0 spiro atoms. The third kappa shape index (κ3) is 4.53. The highest BCUT2D eigenvalue weighted by Gasteiger charge is 2.46. The zero-order chi connectivity index (χ0) is 19.3. The average Bonchev–Trinajstić information content (AvgIpc) is 2.70. The standard InChI is InChI=1S/C24H34N2O/c1-19-18-26(3)20(2)16-24(19,22-8-6-5-7-9-22)14-15-25-17-21-10-12-23(27-4)13-11-21/h5-13,19-20,25H,14-18H2,1-4H3/p+2/t19-,20+,24-/m1/s1. The zero-order valence-electron chi connectivity index (χ0n) is 17.4. The van der Waals surface area contributed by atoms with Crippen molar-refractivity contribution in [2.45, 2.75) is 44.7 Å². The second kappa shape index (κ2) is 8.90. The maximum atomic E-state index is 5.25. The number of piperidine rings is 1. The molecular weight excluding hydrogens is 332 g/mol. The number of hydrogen-bond donors (Lipinski definition) is 2. The van der Waals surface area contributed by atoms with Crippen molar-refractivity contribution in [2.75, 3.05) is 27.2 Å². The number of benzene rings is 2. The molecule has 1 unspecified atom stereocenters. The number of rotatable bonds is 7. The molecule has 0 aliphatic carbocycles. The Morgan fingerprint density at radius 3 is 2.44 bits per heavy atom. The van der Waals surface area contributed by atoms with Crippen LogP contribution in [0.1, 0.15) is 37.8 Å². The molecule has 1 saturated heterocycles. The molecule has 3 heteroatoms. The van der Waals surface area contributed by atoms with Gasteiger partial charge in [0.2, 0.25) is 0 Å². The Kier molecular flexibility index (Phi) is 6.56. The maximum Gasteiger partial charge on any atom is 0.118 e. The quantitative estimate of drug-likeness (QED) is 0.720. The molecule has 27 heavy (non-hydrogen) atoms. The lowest BCUT2D eigenvalue weighted by Gasteiger charge is -2.47. The molecule has 0 saturated carbocycles. The second-order valence-electron chi connectivity index (χ2n) is 8.46. The van der Waals surface area contributed by atoms with Crippen LogP contribution >= 0.6 is 0 Å². The summed E-state index contributed by atoms with van der Waals surface area (Å²) in [6.07, 6.45) is 2.52. The maximum absolute atomic E-state index is 5.25. The van der Waals surface area contributed by atoms with Gasteiger partial charge < -0.3 is 15.0 Å². The van der Waals surface area contributed by atoms with E-state index in [9.17, 15) is 0 Å². The number of hydrogen-bond acceptors (Lipinski definition) is 1. The molecule has 3 N–H and O–H groups in total. The Balaban J connectivity index is 1.67. The summed E-state index contributed by atoms with van der Waals surface area (Å²) in [5.41, 5.74) is 3.20. The molecule has 1 aliphatic rings. The third-order valence-electron chi connectivity index (χ3n) is 6.77. The van der Waals surface area contributed by atoms with Gasteiger partial charge in [-0.3, -0.25) is 0 Å². The summed E-state index contributed by atoms with van der Waals surface area (Å²) in [7, 11) is 4.07. The summed E-state index contributed by atoms with van der Waals surface area (Å²) < 4.78 is 5.25. The van der Waals surface area contributed by atoms with Crippen LogP contribution in [0.25, 0.3) is 0 Å². The fourth-order valence-corrected chi connectivity index (χ4v) is 4.86. The molecule has 0 radical (unpaired) electrons. The Morgan fingerprint density at radius 1 is 1.07 bits per heavy atom. The first-order valence-corrected chi connectivity index (χ1v) is 10.4. The lowest BCUT2D eigenvalue weighted by Crippen LogP contribution is -3.15.